The summed E-state index contributed by atoms with van der Waals surface area (Å²) in [7, 11) is 0. The first kappa shape index (κ1) is 35.0. The van der Waals surface area contributed by atoms with Crippen LogP contribution in [0.15, 0.2) is 204 Å². The summed E-state index contributed by atoms with van der Waals surface area (Å²) in [5, 5.41) is 16.0. The van der Waals surface area contributed by atoms with E-state index in [1.165, 1.54) is 92.8 Å². The number of fused-ring (bicyclic) bond motifs is 15. The molecule has 0 spiro atoms. The zero-order chi connectivity index (χ0) is 41.1. The largest absolute Gasteiger partial charge is 0.344 e. The van der Waals surface area contributed by atoms with Crippen molar-refractivity contribution >= 4 is 76.6 Å². The summed E-state index contributed by atoms with van der Waals surface area (Å²) in [6, 6.07) is 70.7. The molecule has 1 unspecified atom stereocenters. The summed E-state index contributed by atoms with van der Waals surface area (Å²) in [6.07, 6.45) is -0.383. The Bertz CT molecular complexity index is 3740. The van der Waals surface area contributed by atoms with Crippen molar-refractivity contribution in [3.8, 4) is 16.8 Å². The highest BCUT2D eigenvalue weighted by Gasteiger charge is 2.36. The highest BCUT2D eigenvalue weighted by atomic mass is 15.2. The van der Waals surface area contributed by atoms with Crippen molar-refractivity contribution in [1.82, 2.24) is 9.88 Å². The van der Waals surface area contributed by atoms with Crippen LogP contribution in [0.5, 0.6) is 0 Å². The van der Waals surface area contributed by atoms with Crippen molar-refractivity contribution in [1.29, 1.82) is 0 Å². The third kappa shape index (κ3) is 4.95. The lowest BCUT2D eigenvalue weighted by Crippen LogP contribution is -2.33. The minimum Gasteiger partial charge on any atom is -0.344 e. The van der Waals surface area contributed by atoms with Crippen molar-refractivity contribution in [2.75, 3.05) is 0 Å². The van der Waals surface area contributed by atoms with Gasteiger partial charge in [-0.25, -0.2) is 9.98 Å². The molecule has 2 heterocycles. The van der Waals surface area contributed by atoms with Gasteiger partial charge in [-0.15, -0.1) is 0 Å². The predicted molar refractivity (Wildman–Crippen MR) is 260 cm³/mol. The lowest BCUT2D eigenvalue weighted by molar-refractivity contribution is 0.660. The summed E-state index contributed by atoms with van der Waals surface area (Å²) < 4.78 is 2.58. The number of aliphatic imine (C=N–C) groups is 2. The fraction of sp³-hybridized carbons (Fsp3) is 0.0690. The van der Waals surface area contributed by atoms with E-state index in [2.05, 4.69) is 206 Å². The maximum atomic E-state index is 5.39. The Morgan fingerprint density at radius 1 is 0.468 bits per heavy atom. The van der Waals surface area contributed by atoms with Gasteiger partial charge in [0, 0.05) is 54.7 Å². The molecule has 13 rings (SSSR count). The highest BCUT2D eigenvalue weighted by Crippen LogP contribution is 2.51. The Balaban J connectivity index is 1.15. The first-order valence-electron chi connectivity index (χ1n) is 21.5. The number of benzene rings is 10. The van der Waals surface area contributed by atoms with Gasteiger partial charge in [-0.2, -0.15) is 0 Å². The Hall–Kier alpha value is -7.82. The molecule has 4 nitrogen and oxygen atoms in total. The molecule has 1 aromatic heterocycles. The fourth-order valence-electron chi connectivity index (χ4n) is 10.8. The fourth-order valence-corrected chi connectivity index (χ4v) is 10.8. The quantitative estimate of drug-likeness (QED) is 0.177. The molecule has 1 aliphatic carbocycles. The summed E-state index contributed by atoms with van der Waals surface area (Å²) in [5.41, 5.74) is 12.0. The molecular formula is C58H40N4. The molecule has 11 aromatic rings. The summed E-state index contributed by atoms with van der Waals surface area (Å²) >= 11 is 0. The van der Waals surface area contributed by atoms with Crippen LogP contribution < -0.4 is 5.32 Å². The number of aromatic nitrogens is 1. The van der Waals surface area contributed by atoms with E-state index in [4.69, 9.17) is 9.98 Å². The van der Waals surface area contributed by atoms with Crippen LogP contribution >= 0.6 is 0 Å². The van der Waals surface area contributed by atoms with Crippen LogP contribution in [0.2, 0.25) is 0 Å². The first-order valence-corrected chi connectivity index (χ1v) is 21.5. The molecule has 0 radical (unpaired) electrons. The van der Waals surface area contributed by atoms with Crippen LogP contribution in [0.4, 0.5) is 0 Å². The summed E-state index contributed by atoms with van der Waals surface area (Å²) in [4.78, 5) is 10.5. The van der Waals surface area contributed by atoms with E-state index in [0.717, 1.165) is 22.5 Å². The van der Waals surface area contributed by atoms with Crippen LogP contribution in [0.3, 0.4) is 0 Å². The molecule has 0 amide bonds. The molecular weight excluding hydrogens is 753 g/mol. The van der Waals surface area contributed by atoms with Gasteiger partial charge in [0.25, 0.3) is 0 Å². The van der Waals surface area contributed by atoms with Crippen LogP contribution in [0.1, 0.15) is 47.8 Å². The molecule has 10 aromatic carbocycles. The van der Waals surface area contributed by atoms with Gasteiger partial charge in [0.05, 0.1) is 11.0 Å². The number of nitrogens with one attached hydrogen (secondary N) is 1. The Morgan fingerprint density at radius 2 is 1.11 bits per heavy atom. The van der Waals surface area contributed by atoms with E-state index in [1.807, 2.05) is 12.1 Å². The molecule has 2 aliphatic rings. The average molecular weight is 793 g/mol. The number of nitrogens with zero attached hydrogens (tertiary/aromatic N) is 3. The van der Waals surface area contributed by atoms with Gasteiger partial charge in [-0.1, -0.05) is 190 Å². The van der Waals surface area contributed by atoms with Crippen molar-refractivity contribution < 1.29 is 0 Å². The van der Waals surface area contributed by atoms with E-state index in [0.29, 0.717) is 5.84 Å². The SMILES string of the molecule is CC1(C)c2ccccc2-c2ccc(-n3c4c5ccccc5ccc4c4c5c6ccccc6c(C6N=C(c7ccccc7)N=C(c7ccccc7)N6)cc5c5ccccc5c43)cc21. The Labute approximate surface area is 359 Å². The Kier molecular flexibility index (Phi) is 7.39. The smallest absolute Gasteiger partial charge is 0.159 e. The van der Waals surface area contributed by atoms with Crippen molar-refractivity contribution in [3.05, 3.63) is 222 Å². The normalized spacial score (nSPS) is 15.5. The molecule has 1 atom stereocenters. The number of amidine groups is 2. The predicted octanol–water partition coefficient (Wildman–Crippen LogP) is 14.2. The van der Waals surface area contributed by atoms with Gasteiger partial charge in [-0.3, -0.25) is 0 Å². The van der Waals surface area contributed by atoms with Crippen molar-refractivity contribution in [2.24, 2.45) is 9.98 Å². The van der Waals surface area contributed by atoms with Crippen molar-refractivity contribution in [2.45, 2.75) is 25.4 Å². The number of rotatable bonds is 4. The van der Waals surface area contributed by atoms with Crippen molar-refractivity contribution in [3.63, 3.8) is 0 Å². The van der Waals surface area contributed by atoms with Gasteiger partial charge in [0.1, 0.15) is 12.0 Å². The van der Waals surface area contributed by atoms with Crippen LogP contribution in [0, 0.1) is 0 Å². The van der Waals surface area contributed by atoms with Gasteiger partial charge in [0.2, 0.25) is 0 Å². The minimum absolute atomic E-state index is 0.134. The molecule has 0 saturated carbocycles. The molecule has 1 N–H and O–H groups in total. The topological polar surface area (TPSA) is 41.7 Å². The van der Waals surface area contributed by atoms with E-state index < -0.39 is 0 Å². The van der Waals surface area contributed by atoms with Gasteiger partial charge >= 0.3 is 0 Å². The van der Waals surface area contributed by atoms with E-state index in [-0.39, 0.29) is 11.6 Å². The number of hydrogen-bond donors (Lipinski definition) is 1. The standard InChI is InChI=1S/C58H40N4/c1-58(2)49-28-16-15-25-42(49)43-32-30-38(33-50(43)58)62-53-39-22-10-9-17-35(39)29-31-46(53)52-51-44-26-13-11-23-40(44)48(34-47(51)41-24-12-14-27-45(41)54(52)62)57-60-55(36-18-5-3-6-19-36)59-56(61-57)37-20-7-4-8-21-37/h3-34,57H,1-2H3,(H,59,60,61). The summed E-state index contributed by atoms with van der Waals surface area (Å²) in [5.74, 6) is 1.53. The maximum Gasteiger partial charge on any atom is 0.159 e. The van der Waals surface area contributed by atoms with E-state index in [1.54, 1.807) is 0 Å². The van der Waals surface area contributed by atoms with Gasteiger partial charge in [0.15, 0.2) is 5.84 Å². The molecule has 4 heteroatoms. The molecule has 0 bridgehead atoms. The molecule has 0 saturated heterocycles. The third-order valence-corrected chi connectivity index (χ3v) is 13.6. The lowest BCUT2D eigenvalue weighted by atomic mass is 9.82. The zero-order valence-electron chi connectivity index (χ0n) is 34.4. The lowest BCUT2D eigenvalue weighted by Gasteiger charge is -2.25. The number of hydrogen-bond acceptors (Lipinski definition) is 3. The molecule has 0 fully saturated rings. The molecule has 292 valence electrons. The van der Waals surface area contributed by atoms with Gasteiger partial charge < -0.3 is 9.88 Å². The van der Waals surface area contributed by atoms with Gasteiger partial charge in [-0.05, 0) is 67.4 Å². The summed E-state index contributed by atoms with van der Waals surface area (Å²) in [6.45, 7) is 4.75. The second-order valence-electron chi connectivity index (χ2n) is 17.3. The second-order valence-corrected chi connectivity index (χ2v) is 17.3. The van der Waals surface area contributed by atoms with E-state index >= 15 is 0 Å². The zero-order valence-corrected chi connectivity index (χ0v) is 34.4. The third-order valence-electron chi connectivity index (χ3n) is 13.6. The molecule has 1 aliphatic heterocycles. The van der Waals surface area contributed by atoms with Crippen LogP contribution in [0.25, 0.3) is 81.7 Å². The van der Waals surface area contributed by atoms with Crippen LogP contribution in [-0.4, -0.2) is 16.2 Å². The average Bonchev–Trinajstić information content (AvgIpc) is 3.80. The first-order chi connectivity index (χ1) is 30.5. The molecule has 62 heavy (non-hydrogen) atoms. The Morgan fingerprint density at radius 3 is 1.92 bits per heavy atom. The highest BCUT2D eigenvalue weighted by molar-refractivity contribution is 6.38. The maximum absolute atomic E-state index is 5.39. The monoisotopic (exact) mass is 792 g/mol. The minimum atomic E-state index is -0.383. The van der Waals surface area contributed by atoms with E-state index in [9.17, 15) is 0 Å². The second kappa shape index (κ2) is 13.1. The van der Waals surface area contributed by atoms with Crippen LogP contribution in [-0.2, 0) is 5.41 Å².